The normalized spacial score (nSPS) is 11.3. The van der Waals surface area contributed by atoms with E-state index in [9.17, 15) is 4.79 Å². The van der Waals surface area contributed by atoms with E-state index in [-0.39, 0.29) is 5.91 Å². The fourth-order valence-corrected chi connectivity index (χ4v) is 2.67. The van der Waals surface area contributed by atoms with Gasteiger partial charge in [-0.1, -0.05) is 12.1 Å². The monoisotopic (exact) mass is 302 g/mol. The molecular weight excluding hydrogens is 276 g/mol. The van der Waals surface area contributed by atoms with Gasteiger partial charge in [0.25, 0.3) is 0 Å². The highest BCUT2D eigenvalue weighted by molar-refractivity contribution is 5.76. The number of nitrogens with one attached hydrogen (secondary N) is 2. The molecule has 0 radical (unpaired) electrons. The number of aromatic nitrogens is 2. The van der Waals surface area contributed by atoms with Crippen molar-refractivity contribution in [1.82, 2.24) is 20.2 Å². The van der Waals surface area contributed by atoms with E-state index >= 15 is 0 Å². The molecule has 1 aromatic heterocycles. The summed E-state index contributed by atoms with van der Waals surface area (Å²) in [5, 5.41) is 6.03. The van der Waals surface area contributed by atoms with Crippen LogP contribution in [0.4, 0.5) is 0 Å². The lowest BCUT2D eigenvalue weighted by molar-refractivity contribution is -0.121. The Morgan fingerprint density at radius 1 is 1.27 bits per heavy atom. The summed E-state index contributed by atoms with van der Waals surface area (Å²) in [7, 11) is 1.90. The average Bonchev–Trinajstić information content (AvgIpc) is 2.85. The second-order valence-electron chi connectivity index (χ2n) is 5.79. The Kier molecular flexibility index (Phi) is 5.95. The third-order valence-corrected chi connectivity index (χ3v) is 3.69. The molecule has 1 amide bonds. The third-order valence-electron chi connectivity index (χ3n) is 3.69. The Balaban J connectivity index is 1.97. The van der Waals surface area contributed by atoms with Gasteiger partial charge in [0.2, 0.25) is 5.91 Å². The van der Waals surface area contributed by atoms with Crippen molar-refractivity contribution in [1.29, 1.82) is 0 Å². The van der Waals surface area contributed by atoms with Gasteiger partial charge in [-0.05, 0) is 46.0 Å². The molecule has 0 unspecified atom stereocenters. The van der Waals surface area contributed by atoms with Crippen LogP contribution in [0.5, 0.6) is 0 Å². The molecule has 22 heavy (non-hydrogen) atoms. The number of imidazole rings is 1. The highest BCUT2D eigenvalue weighted by Gasteiger charge is 2.12. The van der Waals surface area contributed by atoms with Gasteiger partial charge in [-0.3, -0.25) is 4.79 Å². The van der Waals surface area contributed by atoms with Gasteiger partial charge in [0.05, 0.1) is 11.0 Å². The molecule has 5 nitrogen and oxygen atoms in total. The van der Waals surface area contributed by atoms with Crippen LogP contribution in [0.1, 0.15) is 38.6 Å². The van der Waals surface area contributed by atoms with Crippen LogP contribution in [0, 0.1) is 0 Å². The first-order valence-electron chi connectivity index (χ1n) is 8.00. The van der Waals surface area contributed by atoms with E-state index < -0.39 is 0 Å². The van der Waals surface area contributed by atoms with Gasteiger partial charge in [0.15, 0.2) is 0 Å². The Morgan fingerprint density at radius 2 is 2.05 bits per heavy atom. The second kappa shape index (κ2) is 7.94. The molecule has 0 aliphatic carbocycles. The minimum absolute atomic E-state index is 0.113. The Morgan fingerprint density at radius 3 is 2.77 bits per heavy atom. The lowest BCUT2D eigenvalue weighted by Crippen LogP contribution is -2.27. The molecule has 0 bridgehead atoms. The molecule has 0 aliphatic heterocycles. The Hall–Kier alpha value is -1.88. The molecule has 120 valence electrons. The second-order valence-corrected chi connectivity index (χ2v) is 5.79. The first-order chi connectivity index (χ1) is 10.6. The molecule has 0 spiro atoms. The van der Waals surface area contributed by atoms with Crippen LogP contribution >= 0.6 is 0 Å². The predicted octanol–water partition coefficient (Wildman–Crippen LogP) is 2.28. The molecule has 0 fully saturated rings. The Labute approximate surface area is 132 Å². The van der Waals surface area contributed by atoms with Crippen LogP contribution in [0.25, 0.3) is 11.0 Å². The molecule has 2 aromatic rings. The maximum absolute atomic E-state index is 11.7. The summed E-state index contributed by atoms with van der Waals surface area (Å²) in [4.78, 5) is 16.4. The van der Waals surface area contributed by atoms with Crippen LogP contribution in [0.2, 0.25) is 0 Å². The fraction of sp³-hybridized carbons (Fsp3) is 0.529. The van der Waals surface area contributed by atoms with E-state index in [1.807, 2.05) is 25.2 Å². The van der Waals surface area contributed by atoms with Gasteiger partial charge in [0, 0.05) is 25.4 Å². The maximum Gasteiger partial charge on any atom is 0.220 e. The molecule has 1 aromatic carbocycles. The zero-order chi connectivity index (χ0) is 15.9. The van der Waals surface area contributed by atoms with Crippen LogP contribution in [-0.4, -0.2) is 35.6 Å². The summed E-state index contributed by atoms with van der Waals surface area (Å²) in [6.45, 7) is 5.83. The minimum Gasteiger partial charge on any atom is -0.356 e. The van der Waals surface area contributed by atoms with Crippen molar-refractivity contribution in [2.45, 2.75) is 39.2 Å². The van der Waals surface area contributed by atoms with E-state index in [1.165, 1.54) is 0 Å². The first-order valence-corrected chi connectivity index (χ1v) is 8.00. The van der Waals surface area contributed by atoms with Crippen LogP contribution in [0.3, 0.4) is 0 Å². The highest BCUT2D eigenvalue weighted by atomic mass is 16.1. The van der Waals surface area contributed by atoms with Gasteiger partial charge >= 0.3 is 0 Å². The zero-order valence-electron chi connectivity index (χ0n) is 13.7. The van der Waals surface area contributed by atoms with Crippen molar-refractivity contribution < 1.29 is 4.79 Å². The maximum atomic E-state index is 11.7. The third kappa shape index (κ3) is 4.07. The zero-order valence-corrected chi connectivity index (χ0v) is 13.7. The van der Waals surface area contributed by atoms with Crippen LogP contribution < -0.4 is 10.6 Å². The fourth-order valence-electron chi connectivity index (χ4n) is 2.67. The lowest BCUT2D eigenvalue weighted by Gasteiger charge is -2.13. The number of para-hydroxylation sites is 2. The molecule has 1 heterocycles. The quantitative estimate of drug-likeness (QED) is 0.736. The van der Waals surface area contributed by atoms with Gasteiger partial charge in [-0.15, -0.1) is 0 Å². The summed E-state index contributed by atoms with van der Waals surface area (Å²) < 4.78 is 2.25. The summed E-state index contributed by atoms with van der Waals surface area (Å²) in [5.41, 5.74) is 2.18. The smallest absolute Gasteiger partial charge is 0.220 e. The number of benzene rings is 1. The summed E-state index contributed by atoms with van der Waals surface area (Å²) in [5.74, 6) is 1.15. The predicted molar refractivity (Wildman–Crippen MR) is 90.0 cm³/mol. The van der Waals surface area contributed by atoms with Gasteiger partial charge in [-0.2, -0.15) is 0 Å². The van der Waals surface area contributed by atoms with E-state index in [1.54, 1.807) is 0 Å². The molecule has 0 atom stereocenters. The first kappa shape index (κ1) is 16.5. The van der Waals surface area contributed by atoms with E-state index in [0.29, 0.717) is 19.0 Å². The van der Waals surface area contributed by atoms with Crippen molar-refractivity contribution in [3.05, 3.63) is 30.1 Å². The average molecular weight is 302 g/mol. The summed E-state index contributed by atoms with van der Waals surface area (Å²) in [6, 6.07) is 8.54. The van der Waals surface area contributed by atoms with Crippen LogP contribution in [-0.2, 0) is 11.2 Å². The number of nitrogens with zero attached hydrogens (tertiary/aromatic N) is 2. The van der Waals surface area contributed by atoms with Crippen molar-refractivity contribution >= 4 is 16.9 Å². The molecule has 0 saturated heterocycles. The number of rotatable bonds is 8. The van der Waals surface area contributed by atoms with Gasteiger partial charge in [-0.25, -0.2) is 4.98 Å². The number of hydrogen-bond acceptors (Lipinski definition) is 3. The summed E-state index contributed by atoms with van der Waals surface area (Å²) in [6.07, 6.45) is 2.19. The molecule has 5 heteroatoms. The topological polar surface area (TPSA) is 59.0 Å². The van der Waals surface area contributed by atoms with Crippen molar-refractivity contribution in [3.8, 4) is 0 Å². The number of carbonyl (C=O) groups excluding carboxylic acids is 1. The molecule has 0 saturated carbocycles. The standard InChI is InChI=1S/C17H26N4O/c1-13(2)21-15-8-5-4-7-14(15)20-16(21)10-12-19-17(22)9-6-11-18-3/h4-5,7-8,13,18H,6,9-12H2,1-3H3,(H,19,22). The molecule has 2 rings (SSSR count). The lowest BCUT2D eigenvalue weighted by atomic mass is 10.2. The number of fused-ring (bicyclic) bond motifs is 1. The van der Waals surface area contributed by atoms with Gasteiger partial charge in [0.1, 0.15) is 5.82 Å². The van der Waals surface area contributed by atoms with E-state index in [0.717, 1.165) is 36.2 Å². The molecule has 2 N–H and O–H groups in total. The van der Waals surface area contributed by atoms with Crippen LogP contribution in [0.15, 0.2) is 24.3 Å². The Bertz CT molecular complexity index is 618. The van der Waals surface area contributed by atoms with Crippen molar-refractivity contribution in [2.75, 3.05) is 20.1 Å². The minimum atomic E-state index is 0.113. The van der Waals surface area contributed by atoms with Crippen molar-refractivity contribution in [3.63, 3.8) is 0 Å². The highest BCUT2D eigenvalue weighted by Crippen LogP contribution is 2.20. The SMILES string of the molecule is CNCCCC(=O)NCCc1nc2ccccc2n1C(C)C. The molecule has 0 aliphatic rings. The van der Waals surface area contributed by atoms with Crippen molar-refractivity contribution in [2.24, 2.45) is 0 Å². The van der Waals surface area contributed by atoms with E-state index in [4.69, 9.17) is 4.98 Å². The van der Waals surface area contributed by atoms with E-state index in [2.05, 4.69) is 35.1 Å². The number of carbonyl (C=O) groups is 1. The number of amides is 1. The largest absolute Gasteiger partial charge is 0.356 e. The molecular formula is C17H26N4O. The number of hydrogen-bond donors (Lipinski definition) is 2. The summed E-state index contributed by atoms with van der Waals surface area (Å²) >= 11 is 0. The van der Waals surface area contributed by atoms with Gasteiger partial charge < -0.3 is 15.2 Å².